The van der Waals surface area contributed by atoms with E-state index in [-0.39, 0.29) is 11.8 Å². The molecule has 1 aromatic carbocycles. The molecule has 0 aromatic heterocycles. The minimum atomic E-state index is -2.00. The molecule has 1 saturated carbocycles. The number of rotatable bonds is 4. The van der Waals surface area contributed by atoms with E-state index >= 15 is 0 Å². The van der Waals surface area contributed by atoms with Crippen molar-refractivity contribution in [1.82, 2.24) is 0 Å². The van der Waals surface area contributed by atoms with Crippen molar-refractivity contribution in [3.05, 3.63) is 40.0 Å². The second-order valence-corrected chi connectivity index (χ2v) is 8.58. The number of fused-ring (bicyclic) bond motifs is 3. The maximum absolute atomic E-state index is 12.1. The van der Waals surface area contributed by atoms with Crippen LogP contribution in [0.5, 0.6) is 0 Å². The lowest BCUT2D eigenvalue weighted by molar-refractivity contribution is 0.487. The summed E-state index contributed by atoms with van der Waals surface area (Å²) < 4.78 is 22.1. The van der Waals surface area contributed by atoms with E-state index in [4.69, 9.17) is 5.41 Å². The summed E-state index contributed by atoms with van der Waals surface area (Å²) in [4.78, 5) is 0.544. The fraction of sp³-hybridized carbons (Fsp3) is 0.476. The predicted octanol–water partition coefficient (Wildman–Crippen LogP) is 5.18. The molecule has 2 N–H and O–H groups in total. The fourth-order valence-corrected chi connectivity index (χ4v) is 5.05. The van der Waals surface area contributed by atoms with Gasteiger partial charge >= 0.3 is 0 Å². The van der Waals surface area contributed by atoms with Crippen LogP contribution in [-0.2, 0) is 17.5 Å². The van der Waals surface area contributed by atoms with Gasteiger partial charge in [0.05, 0.1) is 4.90 Å². The number of benzene rings is 1. The standard InChI is InChI=1S/C21H25NO2S/c1-13(12-22)16-5-3-7-17-18-6-2-4-15(14-8-9-14)10-20(18)21(25(23)24)11-19(16)17/h2,6,10-14,16,22H,3-5,7-9H2,1H3,(H,23,24). The van der Waals surface area contributed by atoms with Gasteiger partial charge in [0.1, 0.15) is 0 Å². The van der Waals surface area contributed by atoms with Crippen LogP contribution in [0.4, 0.5) is 0 Å². The van der Waals surface area contributed by atoms with Gasteiger partial charge in [-0.25, -0.2) is 4.21 Å². The van der Waals surface area contributed by atoms with Crippen LogP contribution in [0.15, 0.2) is 22.6 Å². The highest BCUT2D eigenvalue weighted by atomic mass is 32.2. The first kappa shape index (κ1) is 16.9. The van der Waals surface area contributed by atoms with Gasteiger partial charge in [0.15, 0.2) is 11.1 Å². The van der Waals surface area contributed by atoms with E-state index < -0.39 is 11.1 Å². The van der Waals surface area contributed by atoms with Crippen molar-refractivity contribution in [2.24, 2.45) is 11.8 Å². The molecule has 0 aliphatic heterocycles. The van der Waals surface area contributed by atoms with Crippen LogP contribution >= 0.6 is 0 Å². The summed E-state index contributed by atoms with van der Waals surface area (Å²) in [6, 6.07) is 1.97. The van der Waals surface area contributed by atoms with Crippen molar-refractivity contribution >= 4 is 29.4 Å². The van der Waals surface area contributed by atoms with Gasteiger partial charge in [0, 0.05) is 5.56 Å². The molecule has 0 heterocycles. The minimum Gasteiger partial charge on any atom is -0.313 e. The van der Waals surface area contributed by atoms with Gasteiger partial charge in [-0.2, -0.15) is 0 Å². The van der Waals surface area contributed by atoms with Crippen molar-refractivity contribution in [3.8, 4) is 0 Å². The van der Waals surface area contributed by atoms with Crippen LogP contribution in [0.25, 0.3) is 12.2 Å². The third-order valence-corrected chi connectivity index (χ3v) is 6.73. The number of nitrogens with one attached hydrogen (secondary N) is 1. The van der Waals surface area contributed by atoms with Gasteiger partial charge in [-0.05, 0) is 85.2 Å². The Morgan fingerprint density at radius 1 is 1.32 bits per heavy atom. The Morgan fingerprint density at radius 2 is 2.12 bits per heavy atom. The van der Waals surface area contributed by atoms with Crippen LogP contribution in [0, 0.1) is 17.2 Å². The monoisotopic (exact) mass is 355 g/mol. The molecular formula is C21H25NO2S. The molecule has 0 amide bonds. The summed E-state index contributed by atoms with van der Waals surface area (Å²) in [7, 11) is 0. The summed E-state index contributed by atoms with van der Waals surface area (Å²) in [6.45, 7) is 2.08. The average molecular weight is 356 g/mol. The third kappa shape index (κ3) is 3.06. The van der Waals surface area contributed by atoms with E-state index in [1.165, 1.54) is 35.8 Å². The van der Waals surface area contributed by atoms with E-state index in [0.29, 0.717) is 10.8 Å². The molecule has 3 atom stereocenters. The Hall–Kier alpha value is -1.52. The Bertz CT molecular complexity index is 805. The van der Waals surface area contributed by atoms with Crippen molar-refractivity contribution < 1.29 is 8.76 Å². The summed E-state index contributed by atoms with van der Waals surface area (Å²) in [5.74, 6) is 1.10. The van der Waals surface area contributed by atoms with E-state index in [2.05, 4.69) is 25.2 Å². The third-order valence-electron chi connectivity index (χ3n) is 6.01. The zero-order valence-corrected chi connectivity index (χ0v) is 15.4. The molecular weight excluding hydrogens is 330 g/mol. The number of hydrogen-bond donors (Lipinski definition) is 2. The normalized spacial score (nSPS) is 24.6. The molecule has 0 saturated heterocycles. The smallest absolute Gasteiger partial charge is 0.187 e. The molecule has 4 rings (SSSR count). The highest BCUT2D eigenvalue weighted by Crippen LogP contribution is 2.45. The van der Waals surface area contributed by atoms with Gasteiger partial charge in [0.25, 0.3) is 0 Å². The van der Waals surface area contributed by atoms with Crippen LogP contribution in [0.3, 0.4) is 0 Å². The van der Waals surface area contributed by atoms with Gasteiger partial charge in [-0.1, -0.05) is 30.7 Å². The summed E-state index contributed by atoms with van der Waals surface area (Å²) in [6.07, 6.45) is 14.7. The molecule has 4 heteroatoms. The van der Waals surface area contributed by atoms with Crippen LogP contribution < -0.4 is 0 Å². The molecule has 3 aliphatic carbocycles. The zero-order valence-electron chi connectivity index (χ0n) is 14.6. The highest BCUT2D eigenvalue weighted by molar-refractivity contribution is 7.79. The Labute approximate surface area is 152 Å². The van der Waals surface area contributed by atoms with Gasteiger partial charge in [-0.3, -0.25) is 0 Å². The first-order valence-corrected chi connectivity index (χ1v) is 10.4. The van der Waals surface area contributed by atoms with E-state index in [0.717, 1.165) is 36.8 Å². The number of hydrogen-bond acceptors (Lipinski definition) is 2. The summed E-state index contributed by atoms with van der Waals surface area (Å²) >= 11 is -2.00. The molecule has 3 unspecified atom stereocenters. The molecule has 1 fully saturated rings. The van der Waals surface area contributed by atoms with Crippen LogP contribution in [0.2, 0.25) is 0 Å². The molecule has 3 nitrogen and oxygen atoms in total. The highest BCUT2D eigenvalue weighted by Gasteiger charge is 2.31. The fourth-order valence-electron chi connectivity index (χ4n) is 4.46. The lowest BCUT2D eigenvalue weighted by Gasteiger charge is -2.31. The Kier molecular flexibility index (Phi) is 4.50. The Balaban J connectivity index is 1.94. The molecule has 0 spiro atoms. The molecule has 0 bridgehead atoms. The van der Waals surface area contributed by atoms with Gasteiger partial charge < -0.3 is 9.96 Å². The zero-order chi connectivity index (χ0) is 17.6. The summed E-state index contributed by atoms with van der Waals surface area (Å²) in [5.41, 5.74) is 6.03. The van der Waals surface area contributed by atoms with E-state index in [1.54, 1.807) is 0 Å². The second-order valence-electron chi connectivity index (χ2n) is 7.64. The van der Waals surface area contributed by atoms with E-state index in [9.17, 15) is 8.76 Å². The first-order chi connectivity index (χ1) is 12.1. The molecule has 25 heavy (non-hydrogen) atoms. The predicted molar refractivity (Wildman–Crippen MR) is 103 cm³/mol. The first-order valence-electron chi connectivity index (χ1n) is 9.28. The number of allylic oxidation sites excluding steroid dienone is 2. The SMILES string of the molecule is CC(C=N)C1CCCc2c1cc(S(=O)O)c1c2C=CCC(C2CC2)=C1. The molecule has 3 aliphatic rings. The lowest BCUT2D eigenvalue weighted by Crippen LogP contribution is -2.19. The second kappa shape index (κ2) is 6.65. The van der Waals surface area contributed by atoms with Crippen LogP contribution in [-0.4, -0.2) is 15.0 Å². The summed E-state index contributed by atoms with van der Waals surface area (Å²) in [5, 5.41) is 7.67. The van der Waals surface area contributed by atoms with Crippen molar-refractivity contribution in [2.75, 3.05) is 0 Å². The van der Waals surface area contributed by atoms with E-state index in [1.807, 2.05) is 6.07 Å². The van der Waals surface area contributed by atoms with Gasteiger partial charge in [-0.15, -0.1) is 0 Å². The maximum atomic E-state index is 12.1. The van der Waals surface area contributed by atoms with Crippen molar-refractivity contribution in [3.63, 3.8) is 0 Å². The quantitative estimate of drug-likeness (QED) is 0.577. The lowest BCUT2D eigenvalue weighted by atomic mass is 9.74. The maximum Gasteiger partial charge on any atom is 0.187 e. The van der Waals surface area contributed by atoms with Crippen molar-refractivity contribution in [2.45, 2.75) is 56.3 Å². The molecule has 1 aromatic rings. The molecule has 0 radical (unpaired) electrons. The topological polar surface area (TPSA) is 61.2 Å². The van der Waals surface area contributed by atoms with Crippen LogP contribution in [0.1, 0.15) is 67.2 Å². The van der Waals surface area contributed by atoms with Crippen molar-refractivity contribution in [1.29, 1.82) is 5.41 Å². The largest absolute Gasteiger partial charge is 0.313 e. The Morgan fingerprint density at radius 3 is 2.80 bits per heavy atom. The minimum absolute atomic E-state index is 0.157. The van der Waals surface area contributed by atoms with Gasteiger partial charge in [0.2, 0.25) is 0 Å². The average Bonchev–Trinajstić information content (AvgIpc) is 3.45. The molecule has 132 valence electrons.